The van der Waals surface area contributed by atoms with Crippen LogP contribution in [0.2, 0.25) is 0 Å². The Labute approximate surface area is 94.7 Å². The van der Waals surface area contributed by atoms with Crippen LogP contribution in [-0.2, 0) is 4.74 Å². The number of cyclic esters (lactones) is 1. The molecular weight excluding hydrogens is 265 g/mol. The molecule has 0 aliphatic carbocycles. The Bertz CT molecular complexity index is 377. The second kappa shape index (κ2) is 4.18. The van der Waals surface area contributed by atoms with Gasteiger partial charge in [0, 0.05) is 10.9 Å². The zero-order valence-electron chi connectivity index (χ0n) is 7.80. The second-order valence-electron chi connectivity index (χ2n) is 3.32. The number of hydrogen-bond donors (Lipinski definition) is 1. The first-order valence-corrected chi connectivity index (χ1v) is 5.34. The van der Waals surface area contributed by atoms with Gasteiger partial charge in [-0.2, -0.15) is 0 Å². The first-order valence-electron chi connectivity index (χ1n) is 4.54. The Morgan fingerprint density at radius 2 is 2.27 bits per heavy atom. The van der Waals surface area contributed by atoms with E-state index in [4.69, 9.17) is 4.74 Å². The van der Waals surface area contributed by atoms with Gasteiger partial charge in [-0.25, -0.2) is 9.18 Å². The lowest BCUT2D eigenvalue weighted by molar-refractivity contribution is 0.115. The average molecular weight is 274 g/mol. The summed E-state index contributed by atoms with van der Waals surface area (Å²) >= 11 is 3.21. The lowest BCUT2D eigenvalue weighted by Crippen LogP contribution is -2.35. The molecule has 0 spiro atoms. The van der Waals surface area contributed by atoms with E-state index in [2.05, 4.69) is 21.2 Å². The predicted molar refractivity (Wildman–Crippen MR) is 55.9 cm³/mol. The number of benzene rings is 1. The molecule has 3 nitrogen and oxygen atoms in total. The Kier molecular flexibility index (Phi) is 2.90. The first-order chi connectivity index (χ1) is 7.15. The fourth-order valence-electron chi connectivity index (χ4n) is 1.55. The van der Waals surface area contributed by atoms with Crippen molar-refractivity contribution < 1.29 is 13.9 Å². The van der Waals surface area contributed by atoms with E-state index in [0.29, 0.717) is 17.5 Å². The molecule has 1 aliphatic heterocycles. The summed E-state index contributed by atoms with van der Waals surface area (Å²) in [6.07, 6.45) is 0.202. The van der Waals surface area contributed by atoms with E-state index in [1.807, 2.05) is 0 Å². The molecule has 15 heavy (non-hydrogen) atoms. The van der Waals surface area contributed by atoms with Crippen molar-refractivity contribution in [2.75, 3.05) is 6.61 Å². The minimum absolute atomic E-state index is 0.168. The number of amides is 1. The van der Waals surface area contributed by atoms with Crippen LogP contribution in [0.25, 0.3) is 0 Å². The number of alkyl carbamates (subject to hydrolysis) is 1. The van der Waals surface area contributed by atoms with Gasteiger partial charge >= 0.3 is 6.09 Å². The van der Waals surface area contributed by atoms with Crippen LogP contribution in [0.4, 0.5) is 9.18 Å². The fourth-order valence-corrected chi connectivity index (χ4v) is 2.03. The number of carbonyl (C=O) groups is 1. The zero-order valence-corrected chi connectivity index (χ0v) is 9.38. The van der Waals surface area contributed by atoms with Crippen molar-refractivity contribution in [3.63, 3.8) is 0 Å². The first kappa shape index (κ1) is 10.4. The number of halogens is 2. The molecule has 1 heterocycles. The highest BCUT2D eigenvalue weighted by Gasteiger charge is 2.21. The topological polar surface area (TPSA) is 38.3 Å². The fraction of sp³-hybridized carbons (Fsp3) is 0.300. The van der Waals surface area contributed by atoms with E-state index in [0.717, 1.165) is 5.56 Å². The Balaban J connectivity index is 2.24. The standard InChI is InChI=1S/C10H9BrFNO2/c11-7-3-6(4-8(12)5-7)9-1-2-15-10(14)13-9/h3-5,9H,1-2H2,(H,13,14)/t9-/m0/s1. The second-order valence-corrected chi connectivity index (χ2v) is 4.24. The third kappa shape index (κ3) is 2.47. The summed E-state index contributed by atoms with van der Waals surface area (Å²) < 4.78 is 18.5. The molecule has 1 aliphatic rings. The highest BCUT2D eigenvalue weighted by Crippen LogP contribution is 2.24. The Hall–Kier alpha value is -1.10. The zero-order chi connectivity index (χ0) is 10.8. The van der Waals surface area contributed by atoms with Gasteiger partial charge in [0.15, 0.2) is 0 Å². The molecule has 1 N–H and O–H groups in total. The van der Waals surface area contributed by atoms with Crippen molar-refractivity contribution >= 4 is 22.0 Å². The van der Waals surface area contributed by atoms with Crippen LogP contribution >= 0.6 is 15.9 Å². The Morgan fingerprint density at radius 1 is 1.47 bits per heavy atom. The van der Waals surface area contributed by atoms with Crippen LogP contribution in [0.15, 0.2) is 22.7 Å². The molecule has 0 radical (unpaired) electrons. The van der Waals surface area contributed by atoms with E-state index < -0.39 is 6.09 Å². The molecule has 1 atom stereocenters. The van der Waals surface area contributed by atoms with Crippen LogP contribution < -0.4 is 5.32 Å². The number of ether oxygens (including phenoxy) is 1. The van der Waals surface area contributed by atoms with Gasteiger partial charge < -0.3 is 10.1 Å². The molecule has 0 aromatic heterocycles. The smallest absolute Gasteiger partial charge is 0.407 e. The van der Waals surface area contributed by atoms with Crippen molar-refractivity contribution in [3.05, 3.63) is 34.1 Å². The molecule has 5 heteroatoms. The third-order valence-corrected chi connectivity index (χ3v) is 2.68. The summed E-state index contributed by atoms with van der Waals surface area (Å²) in [6.45, 7) is 0.366. The molecule has 1 amide bonds. The van der Waals surface area contributed by atoms with Gasteiger partial charge in [-0.05, 0) is 23.8 Å². The third-order valence-electron chi connectivity index (χ3n) is 2.22. The average Bonchev–Trinajstić information content (AvgIpc) is 2.16. The maximum absolute atomic E-state index is 13.1. The molecule has 2 rings (SSSR count). The molecule has 1 aromatic rings. The van der Waals surface area contributed by atoms with E-state index in [-0.39, 0.29) is 11.9 Å². The molecule has 0 bridgehead atoms. The summed E-state index contributed by atoms with van der Waals surface area (Å²) in [5.74, 6) is -0.319. The van der Waals surface area contributed by atoms with Crippen LogP contribution in [0.1, 0.15) is 18.0 Å². The van der Waals surface area contributed by atoms with Gasteiger partial charge in [0.2, 0.25) is 0 Å². The van der Waals surface area contributed by atoms with Gasteiger partial charge in [0.05, 0.1) is 12.6 Å². The lowest BCUT2D eigenvalue weighted by atomic mass is 10.0. The Morgan fingerprint density at radius 3 is 2.93 bits per heavy atom. The molecule has 0 saturated carbocycles. The lowest BCUT2D eigenvalue weighted by Gasteiger charge is -2.23. The minimum atomic E-state index is -0.452. The number of carbonyl (C=O) groups excluding carboxylic acids is 1. The molecule has 80 valence electrons. The summed E-state index contributed by atoms with van der Waals surface area (Å²) in [7, 11) is 0. The van der Waals surface area contributed by atoms with Gasteiger partial charge in [-0.3, -0.25) is 0 Å². The molecule has 1 fully saturated rings. The summed E-state index contributed by atoms with van der Waals surface area (Å²) in [5.41, 5.74) is 0.749. The predicted octanol–water partition coefficient (Wildman–Crippen LogP) is 2.76. The van der Waals surface area contributed by atoms with Gasteiger partial charge in [-0.1, -0.05) is 15.9 Å². The number of nitrogens with one attached hydrogen (secondary N) is 1. The van der Waals surface area contributed by atoms with Crippen LogP contribution in [-0.4, -0.2) is 12.7 Å². The monoisotopic (exact) mass is 273 g/mol. The summed E-state index contributed by atoms with van der Waals surface area (Å²) in [5, 5.41) is 2.64. The van der Waals surface area contributed by atoms with Crippen LogP contribution in [0, 0.1) is 5.82 Å². The van der Waals surface area contributed by atoms with E-state index >= 15 is 0 Å². The largest absolute Gasteiger partial charge is 0.449 e. The van der Waals surface area contributed by atoms with Crippen molar-refractivity contribution in [1.29, 1.82) is 0 Å². The summed E-state index contributed by atoms with van der Waals surface area (Å²) in [6, 6.07) is 4.42. The van der Waals surface area contributed by atoms with E-state index in [1.165, 1.54) is 12.1 Å². The summed E-state index contributed by atoms with van der Waals surface area (Å²) in [4.78, 5) is 11.0. The normalized spacial score (nSPS) is 20.7. The van der Waals surface area contributed by atoms with Gasteiger partial charge in [0.1, 0.15) is 5.82 Å². The van der Waals surface area contributed by atoms with E-state index in [9.17, 15) is 9.18 Å². The molecule has 1 aromatic carbocycles. The molecular formula is C10H9BrFNO2. The maximum atomic E-state index is 13.1. The minimum Gasteiger partial charge on any atom is -0.449 e. The SMILES string of the molecule is O=C1N[C@H](c2cc(F)cc(Br)c2)CCO1. The van der Waals surface area contributed by atoms with Crippen molar-refractivity contribution in [2.45, 2.75) is 12.5 Å². The number of hydrogen-bond acceptors (Lipinski definition) is 2. The van der Waals surface area contributed by atoms with Crippen molar-refractivity contribution in [1.82, 2.24) is 5.32 Å². The van der Waals surface area contributed by atoms with Crippen molar-refractivity contribution in [2.24, 2.45) is 0 Å². The van der Waals surface area contributed by atoms with Gasteiger partial charge in [-0.15, -0.1) is 0 Å². The van der Waals surface area contributed by atoms with Crippen LogP contribution in [0.5, 0.6) is 0 Å². The number of rotatable bonds is 1. The maximum Gasteiger partial charge on any atom is 0.407 e. The van der Waals surface area contributed by atoms with Crippen LogP contribution in [0.3, 0.4) is 0 Å². The van der Waals surface area contributed by atoms with Gasteiger partial charge in [0.25, 0.3) is 0 Å². The van der Waals surface area contributed by atoms with Crippen molar-refractivity contribution in [3.8, 4) is 0 Å². The van der Waals surface area contributed by atoms with E-state index in [1.54, 1.807) is 6.07 Å². The highest BCUT2D eigenvalue weighted by atomic mass is 79.9. The highest BCUT2D eigenvalue weighted by molar-refractivity contribution is 9.10. The molecule has 1 saturated heterocycles. The molecule has 0 unspecified atom stereocenters. The quantitative estimate of drug-likeness (QED) is 0.855.